The number of methoxy groups -OCH3 is 1. The monoisotopic (exact) mass is 326 g/mol. The normalized spacial score (nSPS) is 11.9. The van der Waals surface area contributed by atoms with Gasteiger partial charge < -0.3 is 9.30 Å². The van der Waals surface area contributed by atoms with Crippen molar-refractivity contribution in [3.63, 3.8) is 0 Å². The zero-order valence-electron chi connectivity index (χ0n) is 13.4. The number of hydrogen-bond acceptors (Lipinski definition) is 3. The van der Waals surface area contributed by atoms with E-state index in [4.69, 9.17) is 4.74 Å². The minimum atomic E-state index is -0.144. The Labute approximate surface area is 138 Å². The van der Waals surface area contributed by atoms with Gasteiger partial charge in [-0.15, -0.1) is 0 Å². The molecule has 0 aliphatic heterocycles. The molecule has 0 aliphatic carbocycles. The molecule has 0 aliphatic rings. The molecule has 0 saturated carbocycles. The van der Waals surface area contributed by atoms with Crippen LogP contribution < -0.4 is 9.54 Å². The standard InChI is InChI=1S/C18H18N2O2S/c1-12-4-9-15-16(10-12)23-18(20(15)2)19-17(21)11-13-5-7-14(22-3)8-6-13/h4-10H,11H2,1-3H3. The third-order valence-electron chi connectivity index (χ3n) is 3.70. The quantitative estimate of drug-likeness (QED) is 0.742. The summed E-state index contributed by atoms with van der Waals surface area (Å²) in [6, 6.07) is 13.7. The average molecular weight is 326 g/mol. The number of thiazole rings is 1. The molecular formula is C18H18N2O2S. The first-order chi connectivity index (χ1) is 11.1. The van der Waals surface area contributed by atoms with Gasteiger partial charge in [0.1, 0.15) is 5.75 Å². The fourth-order valence-electron chi connectivity index (χ4n) is 2.41. The van der Waals surface area contributed by atoms with Crippen LogP contribution in [0.3, 0.4) is 0 Å². The van der Waals surface area contributed by atoms with Gasteiger partial charge in [-0.1, -0.05) is 29.5 Å². The minimum absolute atomic E-state index is 0.144. The van der Waals surface area contributed by atoms with Gasteiger partial charge in [-0.25, -0.2) is 0 Å². The Morgan fingerprint density at radius 1 is 1.22 bits per heavy atom. The summed E-state index contributed by atoms with van der Waals surface area (Å²) in [5, 5.41) is 0. The summed E-state index contributed by atoms with van der Waals surface area (Å²) in [6.45, 7) is 2.06. The molecule has 3 rings (SSSR count). The van der Waals surface area contributed by atoms with Gasteiger partial charge in [0.15, 0.2) is 4.80 Å². The lowest BCUT2D eigenvalue weighted by molar-refractivity contribution is -0.117. The van der Waals surface area contributed by atoms with Crippen LogP contribution in [0, 0.1) is 6.92 Å². The highest BCUT2D eigenvalue weighted by atomic mass is 32.1. The van der Waals surface area contributed by atoms with Gasteiger partial charge in [-0.2, -0.15) is 4.99 Å². The summed E-state index contributed by atoms with van der Waals surface area (Å²) >= 11 is 1.54. The van der Waals surface area contributed by atoms with Crippen molar-refractivity contribution in [1.29, 1.82) is 0 Å². The smallest absolute Gasteiger partial charge is 0.252 e. The number of carbonyl (C=O) groups is 1. The summed E-state index contributed by atoms with van der Waals surface area (Å²) in [6.07, 6.45) is 0.289. The van der Waals surface area contributed by atoms with Crippen molar-refractivity contribution < 1.29 is 9.53 Å². The SMILES string of the molecule is COc1ccc(CC(=O)N=c2sc3cc(C)ccc3n2C)cc1. The molecule has 4 nitrogen and oxygen atoms in total. The summed E-state index contributed by atoms with van der Waals surface area (Å²) in [5.74, 6) is 0.637. The number of nitrogens with zero attached hydrogens (tertiary/aromatic N) is 2. The number of ether oxygens (including phenoxy) is 1. The highest BCUT2D eigenvalue weighted by molar-refractivity contribution is 7.16. The van der Waals surface area contributed by atoms with Crippen LogP contribution in [0.5, 0.6) is 5.75 Å². The first kappa shape index (κ1) is 15.5. The second-order valence-corrected chi connectivity index (χ2v) is 6.45. The molecule has 3 aromatic rings. The molecule has 1 amide bonds. The Bertz CT molecular complexity index is 920. The highest BCUT2D eigenvalue weighted by Crippen LogP contribution is 2.18. The topological polar surface area (TPSA) is 43.6 Å². The zero-order valence-corrected chi connectivity index (χ0v) is 14.2. The number of fused-ring (bicyclic) bond motifs is 1. The molecule has 2 aromatic carbocycles. The van der Waals surface area contributed by atoms with Gasteiger partial charge in [0.2, 0.25) is 0 Å². The number of amides is 1. The van der Waals surface area contributed by atoms with Gasteiger partial charge in [-0.05, 0) is 42.3 Å². The van der Waals surface area contributed by atoms with Crippen LogP contribution in [0.4, 0.5) is 0 Å². The molecule has 0 bridgehead atoms. The molecule has 0 atom stereocenters. The van der Waals surface area contributed by atoms with Crippen LogP contribution >= 0.6 is 11.3 Å². The second kappa shape index (κ2) is 6.38. The number of rotatable bonds is 3. The summed E-state index contributed by atoms with van der Waals surface area (Å²) in [4.78, 5) is 17.2. The fourth-order valence-corrected chi connectivity index (χ4v) is 3.55. The highest BCUT2D eigenvalue weighted by Gasteiger charge is 2.06. The lowest BCUT2D eigenvalue weighted by atomic mass is 10.1. The third-order valence-corrected chi connectivity index (χ3v) is 4.79. The molecule has 23 heavy (non-hydrogen) atoms. The molecule has 5 heteroatoms. The average Bonchev–Trinajstić information content (AvgIpc) is 2.83. The number of aryl methyl sites for hydroxylation is 2. The molecule has 0 fully saturated rings. The lowest BCUT2D eigenvalue weighted by Crippen LogP contribution is -2.14. The lowest BCUT2D eigenvalue weighted by Gasteiger charge is -2.01. The Balaban J connectivity index is 1.88. The van der Waals surface area contributed by atoms with Crippen molar-refractivity contribution in [1.82, 2.24) is 4.57 Å². The molecular weight excluding hydrogens is 308 g/mol. The van der Waals surface area contributed by atoms with E-state index >= 15 is 0 Å². The first-order valence-electron chi connectivity index (χ1n) is 7.33. The van der Waals surface area contributed by atoms with Crippen LogP contribution in [-0.2, 0) is 18.3 Å². The number of aromatic nitrogens is 1. The molecule has 0 saturated heterocycles. The molecule has 0 spiro atoms. The van der Waals surface area contributed by atoms with Crippen molar-refractivity contribution in [2.45, 2.75) is 13.3 Å². The van der Waals surface area contributed by atoms with E-state index in [1.54, 1.807) is 7.11 Å². The van der Waals surface area contributed by atoms with Crippen LogP contribution in [0.25, 0.3) is 10.2 Å². The molecule has 118 valence electrons. The van der Waals surface area contributed by atoms with Crippen molar-refractivity contribution in [3.8, 4) is 5.75 Å². The largest absolute Gasteiger partial charge is 0.497 e. The van der Waals surface area contributed by atoms with E-state index in [0.29, 0.717) is 0 Å². The van der Waals surface area contributed by atoms with Gasteiger partial charge in [-0.3, -0.25) is 4.79 Å². The Kier molecular flexibility index (Phi) is 4.30. The maximum Gasteiger partial charge on any atom is 0.252 e. The Morgan fingerprint density at radius 2 is 1.96 bits per heavy atom. The van der Waals surface area contributed by atoms with Crippen LogP contribution in [0.1, 0.15) is 11.1 Å². The summed E-state index contributed by atoms with van der Waals surface area (Å²) in [7, 11) is 3.56. The van der Waals surface area contributed by atoms with E-state index in [9.17, 15) is 4.79 Å². The molecule has 1 heterocycles. The predicted molar refractivity (Wildman–Crippen MR) is 92.8 cm³/mol. The van der Waals surface area contributed by atoms with Crippen molar-refractivity contribution in [2.75, 3.05) is 7.11 Å². The van der Waals surface area contributed by atoms with E-state index in [1.165, 1.54) is 16.9 Å². The molecule has 1 aromatic heterocycles. The van der Waals surface area contributed by atoms with E-state index in [1.807, 2.05) is 35.9 Å². The fraction of sp³-hybridized carbons (Fsp3) is 0.222. The zero-order chi connectivity index (χ0) is 16.4. The second-order valence-electron chi connectivity index (χ2n) is 5.45. The maximum absolute atomic E-state index is 12.2. The van der Waals surface area contributed by atoms with Crippen molar-refractivity contribution >= 4 is 27.5 Å². The molecule has 0 N–H and O–H groups in total. The summed E-state index contributed by atoms with van der Waals surface area (Å²) in [5.41, 5.74) is 3.23. The number of carbonyl (C=O) groups excluding carboxylic acids is 1. The number of hydrogen-bond donors (Lipinski definition) is 0. The predicted octanol–water partition coefficient (Wildman–Crippen LogP) is 3.23. The van der Waals surface area contributed by atoms with Crippen LogP contribution in [0.15, 0.2) is 47.5 Å². The maximum atomic E-state index is 12.2. The van der Waals surface area contributed by atoms with Crippen LogP contribution in [-0.4, -0.2) is 17.6 Å². The van der Waals surface area contributed by atoms with E-state index in [-0.39, 0.29) is 12.3 Å². The third kappa shape index (κ3) is 3.35. The molecule has 0 unspecified atom stereocenters. The van der Waals surface area contributed by atoms with Gasteiger partial charge in [0, 0.05) is 7.05 Å². The minimum Gasteiger partial charge on any atom is -0.497 e. The number of benzene rings is 2. The van der Waals surface area contributed by atoms with Crippen LogP contribution in [0.2, 0.25) is 0 Å². The van der Waals surface area contributed by atoms with Crippen molar-refractivity contribution in [3.05, 3.63) is 58.4 Å². The van der Waals surface area contributed by atoms with Gasteiger partial charge >= 0.3 is 0 Å². The molecule has 0 radical (unpaired) electrons. The van der Waals surface area contributed by atoms with Gasteiger partial charge in [0.05, 0.1) is 23.7 Å². The first-order valence-corrected chi connectivity index (χ1v) is 8.15. The Morgan fingerprint density at radius 3 is 2.65 bits per heavy atom. The van der Waals surface area contributed by atoms with E-state index in [0.717, 1.165) is 26.3 Å². The van der Waals surface area contributed by atoms with E-state index in [2.05, 4.69) is 30.1 Å². The van der Waals surface area contributed by atoms with Gasteiger partial charge in [0.25, 0.3) is 5.91 Å². The Hall–Kier alpha value is -2.40. The summed E-state index contributed by atoms with van der Waals surface area (Å²) < 4.78 is 8.22. The van der Waals surface area contributed by atoms with E-state index < -0.39 is 0 Å². The van der Waals surface area contributed by atoms with Crippen molar-refractivity contribution in [2.24, 2.45) is 12.0 Å².